The molecule has 2 heterocycles. The minimum absolute atomic E-state index is 0.173. The van der Waals surface area contributed by atoms with Gasteiger partial charge in [0, 0.05) is 44.2 Å². The maximum absolute atomic E-state index is 13.2. The molecule has 0 spiro atoms. The molecule has 7 heteroatoms. The van der Waals surface area contributed by atoms with Crippen molar-refractivity contribution in [2.75, 3.05) is 33.4 Å². The first-order chi connectivity index (χ1) is 11.8. The summed E-state index contributed by atoms with van der Waals surface area (Å²) in [5, 5.41) is 3.12. The summed E-state index contributed by atoms with van der Waals surface area (Å²) in [5.74, 6) is 0.194. The number of benzene rings is 1. The molecule has 1 saturated heterocycles. The highest BCUT2D eigenvalue weighted by atomic mass is 32.1. The van der Waals surface area contributed by atoms with Gasteiger partial charge in [-0.15, -0.1) is 11.3 Å². The van der Waals surface area contributed by atoms with E-state index in [2.05, 4.69) is 20.7 Å². The third-order valence-electron chi connectivity index (χ3n) is 4.27. The molecule has 0 amide bonds. The van der Waals surface area contributed by atoms with Crippen LogP contribution in [-0.4, -0.2) is 43.2 Å². The SMILES string of the molecule is COCCN(Cc1nccs1)CC1CNNC1c1ccc(F)cc1. The smallest absolute Gasteiger partial charge is 0.123 e. The normalized spacial score (nSPS) is 20.8. The number of halogens is 1. The van der Waals surface area contributed by atoms with Crippen molar-refractivity contribution in [2.24, 2.45) is 5.92 Å². The van der Waals surface area contributed by atoms with Gasteiger partial charge < -0.3 is 4.74 Å². The molecule has 1 aromatic carbocycles. The number of aromatic nitrogens is 1. The average Bonchev–Trinajstić information content (AvgIpc) is 3.25. The van der Waals surface area contributed by atoms with Crippen LogP contribution >= 0.6 is 11.3 Å². The minimum atomic E-state index is -0.202. The molecule has 130 valence electrons. The van der Waals surface area contributed by atoms with Gasteiger partial charge in [0.15, 0.2) is 0 Å². The minimum Gasteiger partial charge on any atom is -0.383 e. The largest absolute Gasteiger partial charge is 0.383 e. The first kappa shape index (κ1) is 17.4. The summed E-state index contributed by atoms with van der Waals surface area (Å²) in [6, 6.07) is 6.92. The number of rotatable bonds is 8. The summed E-state index contributed by atoms with van der Waals surface area (Å²) in [5.41, 5.74) is 7.66. The summed E-state index contributed by atoms with van der Waals surface area (Å²) >= 11 is 1.67. The molecular weight excluding hydrogens is 327 g/mol. The zero-order valence-electron chi connectivity index (χ0n) is 13.7. The Hall–Kier alpha value is -1.38. The third-order valence-corrected chi connectivity index (χ3v) is 5.03. The molecule has 1 aliphatic rings. The summed E-state index contributed by atoms with van der Waals surface area (Å²) in [6.07, 6.45) is 1.84. The Morgan fingerprint density at radius 3 is 2.92 bits per heavy atom. The first-order valence-electron chi connectivity index (χ1n) is 8.10. The molecule has 5 nitrogen and oxygen atoms in total. The second-order valence-electron chi connectivity index (χ2n) is 5.97. The zero-order chi connectivity index (χ0) is 16.8. The van der Waals surface area contributed by atoms with Crippen LogP contribution in [0.4, 0.5) is 4.39 Å². The highest BCUT2D eigenvalue weighted by Crippen LogP contribution is 2.26. The van der Waals surface area contributed by atoms with Crippen LogP contribution in [0.5, 0.6) is 0 Å². The lowest BCUT2D eigenvalue weighted by atomic mass is 9.94. The van der Waals surface area contributed by atoms with E-state index >= 15 is 0 Å². The quantitative estimate of drug-likeness (QED) is 0.764. The average molecular weight is 350 g/mol. The Kier molecular flexibility index (Phi) is 6.28. The summed E-state index contributed by atoms with van der Waals surface area (Å²) < 4.78 is 18.4. The molecule has 2 N–H and O–H groups in total. The molecule has 1 aromatic heterocycles. The van der Waals surface area contributed by atoms with E-state index in [0.717, 1.165) is 36.8 Å². The van der Waals surface area contributed by atoms with Crippen LogP contribution in [0.1, 0.15) is 16.6 Å². The van der Waals surface area contributed by atoms with Gasteiger partial charge in [0.25, 0.3) is 0 Å². The highest BCUT2D eigenvalue weighted by Gasteiger charge is 2.30. The third kappa shape index (κ3) is 4.58. The maximum atomic E-state index is 13.2. The van der Waals surface area contributed by atoms with Gasteiger partial charge in [0.1, 0.15) is 10.8 Å². The molecule has 0 radical (unpaired) electrons. The number of hydrogen-bond donors (Lipinski definition) is 2. The second kappa shape index (κ2) is 8.64. The second-order valence-corrected chi connectivity index (χ2v) is 6.95. The van der Waals surface area contributed by atoms with E-state index in [4.69, 9.17) is 4.74 Å². The lowest BCUT2D eigenvalue weighted by Gasteiger charge is -2.27. The molecule has 1 aliphatic heterocycles. The molecule has 0 bridgehead atoms. The van der Waals surface area contributed by atoms with E-state index in [-0.39, 0.29) is 11.9 Å². The van der Waals surface area contributed by atoms with Crippen LogP contribution in [0, 0.1) is 11.7 Å². The van der Waals surface area contributed by atoms with Crippen molar-refractivity contribution < 1.29 is 9.13 Å². The number of ether oxygens (including phenoxy) is 1. The summed E-state index contributed by atoms with van der Waals surface area (Å²) in [6.45, 7) is 4.19. The number of methoxy groups -OCH3 is 1. The van der Waals surface area contributed by atoms with Crippen LogP contribution in [0.3, 0.4) is 0 Å². The van der Waals surface area contributed by atoms with E-state index in [0.29, 0.717) is 12.5 Å². The van der Waals surface area contributed by atoms with Gasteiger partial charge in [-0.05, 0) is 17.7 Å². The molecular formula is C17H23FN4OS. The Labute approximate surface area is 145 Å². The number of nitrogens with zero attached hydrogens (tertiary/aromatic N) is 2. The monoisotopic (exact) mass is 350 g/mol. The van der Waals surface area contributed by atoms with Gasteiger partial charge in [-0.2, -0.15) is 0 Å². The fourth-order valence-corrected chi connectivity index (χ4v) is 3.70. The van der Waals surface area contributed by atoms with Gasteiger partial charge in [0.05, 0.1) is 19.2 Å². The Morgan fingerprint density at radius 2 is 2.21 bits per heavy atom. The van der Waals surface area contributed by atoms with Crippen molar-refractivity contribution in [3.63, 3.8) is 0 Å². The predicted octanol–water partition coefficient (Wildman–Crippen LogP) is 2.20. The molecule has 24 heavy (non-hydrogen) atoms. The standard InChI is InChI=1S/C17H23FN4OS/c1-23-8-7-22(12-16-19-6-9-24-16)11-14-10-20-21-17(14)13-2-4-15(18)5-3-13/h2-6,9,14,17,20-21H,7-8,10-12H2,1H3. The van der Waals surface area contributed by atoms with Crippen LogP contribution in [0.2, 0.25) is 0 Å². The first-order valence-corrected chi connectivity index (χ1v) is 8.97. The Morgan fingerprint density at radius 1 is 1.38 bits per heavy atom. The van der Waals surface area contributed by atoms with Gasteiger partial charge >= 0.3 is 0 Å². The van der Waals surface area contributed by atoms with Crippen LogP contribution < -0.4 is 10.9 Å². The van der Waals surface area contributed by atoms with Crippen LogP contribution in [-0.2, 0) is 11.3 Å². The van der Waals surface area contributed by atoms with Crippen molar-refractivity contribution in [3.05, 3.63) is 52.2 Å². The number of hydrogen-bond acceptors (Lipinski definition) is 6. The van der Waals surface area contributed by atoms with Gasteiger partial charge in [-0.3, -0.25) is 10.3 Å². The lowest BCUT2D eigenvalue weighted by molar-refractivity contribution is 0.131. The number of nitrogens with one attached hydrogen (secondary N) is 2. The van der Waals surface area contributed by atoms with Crippen molar-refractivity contribution in [3.8, 4) is 0 Å². The van der Waals surface area contributed by atoms with Gasteiger partial charge in [-0.1, -0.05) is 12.1 Å². The number of thiazole rings is 1. The highest BCUT2D eigenvalue weighted by molar-refractivity contribution is 7.09. The van der Waals surface area contributed by atoms with E-state index in [1.165, 1.54) is 12.1 Å². The number of hydrazine groups is 1. The fraction of sp³-hybridized carbons (Fsp3) is 0.471. The van der Waals surface area contributed by atoms with E-state index in [9.17, 15) is 4.39 Å². The van der Waals surface area contributed by atoms with E-state index < -0.39 is 0 Å². The predicted molar refractivity (Wildman–Crippen MR) is 93.0 cm³/mol. The van der Waals surface area contributed by atoms with Crippen molar-refractivity contribution >= 4 is 11.3 Å². The van der Waals surface area contributed by atoms with Gasteiger partial charge in [0.2, 0.25) is 0 Å². The van der Waals surface area contributed by atoms with Crippen LogP contribution in [0.15, 0.2) is 35.8 Å². The van der Waals surface area contributed by atoms with Crippen molar-refractivity contribution in [1.82, 2.24) is 20.7 Å². The molecule has 0 saturated carbocycles. The molecule has 0 aliphatic carbocycles. The van der Waals surface area contributed by atoms with E-state index in [1.807, 2.05) is 23.7 Å². The topological polar surface area (TPSA) is 49.4 Å². The zero-order valence-corrected chi connectivity index (χ0v) is 14.6. The Balaban J connectivity index is 1.66. The molecule has 3 rings (SSSR count). The van der Waals surface area contributed by atoms with Crippen LogP contribution in [0.25, 0.3) is 0 Å². The maximum Gasteiger partial charge on any atom is 0.123 e. The summed E-state index contributed by atoms with van der Waals surface area (Å²) in [4.78, 5) is 6.76. The molecule has 2 aromatic rings. The fourth-order valence-electron chi connectivity index (χ4n) is 3.04. The van der Waals surface area contributed by atoms with Gasteiger partial charge in [-0.25, -0.2) is 14.8 Å². The van der Waals surface area contributed by atoms with Crippen molar-refractivity contribution in [2.45, 2.75) is 12.6 Å². The molecule has 2 unspecified atom stereocenters. The molecule has 1 fully saturated rings. The van der Waals surface area contributed by atoms with Crippen molar-refractivity contribution in [1.29, 1.82) is 0 Å². The summed E-state index contributed by atoms with van der Waals surface area (Å²) in [7, 11) is 1.72. The molecule has 2 atom stereocenters. The lowest BCUT2D eigenvalue weighted by Crippen LogP contribution is -2.35. The van der Waals surface area contributed by atoms with E-state index in [1.54, 1.807) is 18.4 Å². The Bertz CT molecular complexity index is 608.